The van der Waals surface area contributed by atoms with Gasteiger partial charge in [0.05, 0.1) is 5.97 Å². The van der Waals surface area contributed by atoms with E-state index in [4.69, 9.17) is 0 Å². The van der Waals surface area contributed by atoms with Crippen molar-refractivity contribution in [3.63, 3.8) is 0 Å². The number of carboxylic acids is 2. The number of carboxylic acid groups (broad SMARTS) is 2. The second-order valence-electron chi connectivity index (χ2n) is 10.7. The first-order valence-electron chi connectivity index (χ1n) is 14.4. The Morgan fingerprint density at radius 2 is 1.08 bits per heavy atom. The predicted octanol–water partition coefficient (Wildman–Crippen LogP) is -0.929. The van der Waals surface area contributed by atoms with Gasteiger partial charge in [0.15, 0.2) is 0 Å². The molecular weight excluding hydrogens is 526 g/mol. The standard InChI is InChI=1S/C28H54O7S.2Na/c1-5-9-13-15-19-23(17-11-7-3)21-25(26(29)30)28(27(31)32,36(33,34)35)22-24(18-12-8-4)20-16-14-10-6-2;;/h23-25H,5-22H2,1-4H3,(H,29,30)(H,31,32)(H,33,34,35);;/q;2*+1/p-2. The van der Waals surface area contributed by atoms with Crippen molar-refractivity contribution in [1.29, 1.82) is 0 Å². The normalized spacial score (nSPS) is 15.4. The molecule has 0 aliphatic carbocycles. The molecule has 0 aliphatic heterocycles. The third-order valence-corrected chi connectivity index (χ3v) is 9.22. The molecular formula is C28H52Na2O7S. The van der Waals surface area contributed by atoms with Gasteiger partial charge < -0.3 is 19.8 Å². The molecule has 0 aromatic rings. The van der Waals surface area contributed by atoms with E-state index in [0.29, 0.717) is 25.7 Å². The fourth-order valence-corrected chi connectivity index (χ4v) is 6.64. The number of hydrogen-bond acceptors (Lipinski definition) is 6. The van der Waals surface area contributed by atoms with Crippen LogP contribution in [0.4, 0.5) is 0 Å². The summed E-state index contributed by atoms with van der Waals surface area (Å²) >= 11 is 0. The second-order valence-corrected chi connectivity index (χ2v) is 12.4. The van der Waals surface area contributed by atoms with Crippen LogP contribution in [0.3, 0.4) is 0 Å². The summed E-state index contributed by atoms with van der Waals surface area (Å²) in [6.07, 6.45) is 13.0. The molecule has 0 radical (unpaired) electrons. The Kier molecular flexibility index (Phi) is 27.9. The van der Waals surface area contributed by atoms with Crippen molar-refractivity contribution in [1.82, 2.24) is 0 Å². The van der Waals surface area contributed by atoms with Crippen LogP contribution in [0.5, 0.6) is 0 Å². The van der Waals surface area contributed by atoms with Crippen molar-refractivity contribution in [2.75, 3.05) is 0 Å². The first-order chi connectivity index (χ1) is 17.0. The molecule has 214 valence electrons. The van der Waals surface area contributed by atoms with Crippen LogP contribution in [0, 0.1) is 17.8 Å². The molecule has 0 saturated carbocycles. The number of carbonyl (C=O) groups excluding carboxylic acids is 2. The first kappa shape index (κ1) is 43.3. The molecule has 0 rings (SSSR count). The average molecular weight is 579 g/mol. The molecule has 0 saturated heterocycles. The summed E-state index contributed by atoms with van der Waals surface area (Å²) in [7, 11) is -5.30. The molecule has 4 atom stereocenters. The van der Waals surface area contributed by atoms with Crippen molar-refractivity contribution < 1.29 is 91.9 Å². The van der Waals surface area contributed by atoms with Crippen molar-refractivity contribution in [3.8, 4) is 0 Å². The summed E-state index contributed by atoms with van der Waals surface area (Å²) in [5.74, 6) is -6.15. The molecule has 0 heterocycles. The van der Waals surface area contributed by atoms with Crippen LogP contribution >= 0.6 is 0 Å². The van der Waals surface area contributed by atoms with Crippen molar-refractivity contribution in [2.45, 2.75) is 148 Å². The van der Waals surface area contributed by atoms with Gasteiger partial charge in [0.1, 0.15) is 4.75 Å². The van der Waals surface area contributed by atoms with Gasteiger partial charge in [-0.25, -0.2) is 0 Å². The van der Waals surface area contributed by atoms with Crippen LogP contribution in [0.2, 0.25) is 0 Å². The molecule has 0 fully saturated rings. The number of carbonyl (C=O) groups is 2. The molecule has 38 heavy (non-hydrogen) atoms. The number of unbranched alkanes of at least 4 members (excludes halogenated alkanes) is 8. The summed E-state index contributed by atoms with van der Waals surface area (Å²) in [5.41, 5.74) is 0. The Bertz CT molecular complexity index is 718. The number of rotatable bonds is 24. The number of aliphatic carboxylic acids is 2. The van der Waals surface area contributed by atoms with E-state index in [-0.39, 0.29) is 77.4 Å². The minimum atomic E-state index is -5.30. The third-order valence-electron chi connectivity index (χ3n) is 7.68. The summed E-state index contributed by atoms with van der Waals surface area (Å²) in [6.45, 7) is 8.18. The quantitative estimate of drug-likeness (QED) is 0.0889. The van der Waals surface area contributed by atoms with Crippen LogP contribution in [0.1, 0.15) is 143 Å². The maximum Gasteiger partial charge on any atom is 1.00 e. The molecule has 0 bridgehead atoms. The van der Waals surface area contributed by atoms with E-state index >= 15 is 0 Å². The predicted molar refractivity (Wildman–Crippen MR) is 141 cm³/mol. The first-order valence-corrected chi connectivity index (χ1v) is 15.8. The zero-order valence-electron chi connectivity index (χ0n) is 25.3. The largest absolute Gasteiger partial charge is 1.00 e. The Morgan fingerprint density at radius 1 is 0.684 bits per heavy atom. The van der Waals surface area contributed by atoms with E-state index in [1.807, 2.05) is 13.8 Å². The molecule has 0 amide bonds. The van der Waals surface area contributed by atoms with Gasteiger partial charge in [-0.1, -0.05) is 130 Å². The topological polar surface area (TPSA) is 135 Å². The van der Waals surface area contributed by atoms with Gasteiger partial charge >= 0.3 is 59.1 Å². The molecule has 0 aromatic heterocycles. The molecule has 0 aliphatic rings. The SMILES string of the molecule is CCCCCCC(CCCC)CC(C(=O)[O-])C(CC(CCCC)CCCCCC)(C(=O)[O-])S(=O)(=O)O.[Na+].[Na+]. The van der Waals surface area contributed by atoms with Crippen LogP contribution in [0.25, 0.3) is 0 Å². The summed E-state index contributed by atoms with van der Waals surface area (Å²) in [4.78, 5) is 25.0. The van der Waals surface area contributed by atoms with E-state index in [9.17, 15) is 32.8 Å². The maximum atomic E-state index is 12.8. The summed E-state index contributed by atoms with van der Waals surface area (Å²) in [6, 6.07) is 0. The summed E-state index contributed by atoms with van der Waals surface area (Å²) < 4.78 is 32.9. The summed E-state index contributed by atoms with van der Waals surface area (Å²) in [5, 5.41) is 25.0. The Hall–Kier alpha value is 0.850. The van der Waals surface area contributed by atoms with Gasteiger partial charge in [-0.2, -0.15) is 8.42 Å². The smallest absolute Gasteiger partial charge is 0.550 e. The van der Waals surface area contributed by atoms with E-state index in [1.165, 1.54) is 0 Å². The van der Waals surface area contributed by atoms with Crippen molar-refractivity contribution in [2.24, 2.45) is 17.8 Å². The number of hydrogen-bond donors (Lipinski definition) is 1. The van der Waals surface area contributed by atoms with E-state index in [1.54, 1.807) is 0 Å². The van der Waals surface area contributed by atoms with Crippen molar-refractivity contribution >= 4 is 22.1 Å². The third kappa shape index (κ3) is 15.7. The van der Waals surface area contributed by atoms with Gasteiger partial charge in [0, 0.05) is 11.9 Å². The molecule has 0 spiro atoms. The zero-order valence-corrected chi connectivity index (χ0v) is 30.1. The molecule has 0 aromatic carbocycles. The van der Waals surface area contributed by atoms with E-state index in [0.717, 1.165) is 77.0 Å². The van der Waals surface area contributed by atoms with Crippen LogP contribution < -0.4 is 69.3 Å². The van der Waals surface area contributed by atoms with Crippen LogP contribution in [-0.2, 0) is 19.7 Å². The monoisotopic (exact) mass is 578 g/mol. The Balaban J connectivity index is -0.00000612. The van der Waals surface area contributed by atoms with Crippen LogP contribution in [0.15, 0.2) is 0 Å². The van der Waals surface area contributed by atoms with E-state index < -0.39 is 39.1 Å². The van der Waals surface area contributed by atoms with Crippen molar-refractivity contribution in [3.05, 3.63) is 0 Å². The molecule has 1 N–H and O–H groups in total. The fourth-order valence-electron chi connectivity index (χ4n) is 5.43. The molecule has 10 heteroatoms. The minimum Gasteiger partial charge on any atom is -0.550 e. The Labute approximate surface area is 277 Å². The van der Waals surface area contributed by atoms with Crippen LogP contribution in [-0.4, -0.2) is 29.7 Å². The molecule has 7 nitrogen and oxygen atoms in total. The minimum absolute atomic E-state index is 0. The zero-order chi connectivity index (χ0) is 27.6. The average Bonchev–Trinajstić information content (AvgIpc) is 2.81. The van der Waals surface area contributed by atoms with Gasteiger partial charge in [0.25, 0.3) is 10.1 Å². The van der Waals surface area contributed by atoms with Gasteiger partial charge in [-0.15, -0.1) is 0 Å². The fraction of sp³-hybridized carbons (Fsp3) is 0.929. The van der Waals surface area contributed by atoms with E-state index in [2.05, 4.69) is 13.8 Å². The van der Waals surface area contributed by atoms with Gasteiger partial charge in [0.2, 0.25) is 0 Å². The maximum absolute atomic E-state index is 12.8. The van der Waals surface area contributed by atoms with Gasteiger partial charge in [-0.3, -0.25) is 4.55 Å². The molecule has 4 unspecified atom stereocenters. The Morgan fingerprint density at radius 3 is 1.45 bits per heavy atom. The van der Waals surface area contributed by atoms with Gasteiger partial charge in [-0.05, 0) is 24.7 Å². The second kappa shape index (κ2) is 24.4.